The van der Waals surface area contributed by atoms with Crippen molar-refractivity contribution in [2.45, 2.75) is 12.5 Å². The summed E-state index contributed by atoms with van der Waals surface area (Å²) in [5, 5.41) is 20.3. The van der Waals surface area contributed by atoms with E-state index in [1.807, 2.05) is 0 Å². The average molecular weight is 145 g/mol. The number of hydrogen-bond donors (Lipinski definition) is 3. The molecule has 0 aliphatic heterocycles. The highest BCUT2D eigenvalue weighted by Crippen LogP contribution is 1.88. The summed E-state index contributed by atoms with van der Waals surface area (Å²) in [6.45, 7) is 4.66. The SMILES string of the molecule is C=CCC(O)CNCCO. The van der Waals surface area contributed by atoms with Crippen molar-refractivity contribution in [1.82, 2.24) is 5.32 Å². The van der Waals surface area contributed by atoms with Gasteiger partial charge in [-0.3, -0.25) is 0 Å². The van der Waals surface area contributed by atoms with Gasteiger partial charge in [-0.05, 0) is 6.42 Å². The van der Waals surface area contributed by atoms with Crippen LogP contribution in [0.2, 0.25) is 0 Å². The minimum absolute atomic E-state index is 0.112. The molecule has 0 aliphatic carbocycles. The van der Waals surface area contributed by atoms with Gasteiger partial charge in [0.25, 0.3) is 0 Å². The van der Waals surface area contributed by atoms with Crippen molar-refractivity contribution >= 4 is 0 Å². The van der Waals surface area contributed by atoms with E-state index in [2.05, 4.69) is 11.9 Å². The predicted molar refractivity (Wildman–Crippen MR) is 40.8 cm³/mol. The number of hydrogen-bond acceptors (Lipinski definition) is 3. The zero-order valence-corrected chi connectivity index (χ0v) is 6.08. The van der Waals surface area contributed by atoms with Crippen LogP contribution in [0.4, 0.5) is 0 Å². The van der Waals surface area contributed by atoms with E-state index < -0.39 is 0 Å². The number of rotatable bonds is 6. The van der Waals surface area contributed by atoms with Crippen molar-refractivity contribution in [2.24, 2.45) is 0 Å². The molecule has 0 bridgehead atoms. The largest absolute Gasteiger partial charge is 0.395 e. The molecule has 0 aromatic rings. The minimum Gasteiger partial charge on any atom is -0.395 e. The van der Waals surface area contributed by atoms with E-state index in [1.165, 1.54) is 0 Å². The van der Waals surface area contributed by atoms with Crippen molar-refractivity contribution in [3.05, 3.63) is 12.7 Å². The molecule has 0 aliphatic rings. The molecule has 10 heavy (non-hydrogen) atoms. The Bertz CT molecular complexity index is 85.7. The van der Waals surface area contributed by atoms with Crippen LogP contribution in [0.1, 0.15) is 6.42 Å². The summed E-state index contributed by atoms with van der Waals surface area (Å²) < 4.78 is 0. The molecule has 3 N–H and O–H groups in total. The first kappa shape index (κ1) is 9.62. The maximum Gasteiger partial charge on any atom is 0.0698 e. The Balaban J connectivity index is 3.04. The highest BCUT2D eigenvalue weighted by molar-refractivity contribution is 4.73. The molecule has 0 heterocycles. The molecule has 0 rings (SSSR count). The molecular formula is C7H15NO2. The van der Waals surface area contributed by atoms with Crippen LogP contribution in [0.5, 0.6) is 0 Å². The van der Waals surface area contributed by atoms with Crippen LogP contribution in [0.15, 0.2) is 12.7 Å². The van der Waals surface area contributed by atoms with Crippen molar-refractivity contribution < 1.29 is 10.2 Å². The van der Waals surface area contributed by atoms with Crippen molar-refractivity contribution in [1.29, 1.82) is 0 Å². The van der Waals surface area contributed by atoms with Gasteiger partial charge in [-0.2, -0.15) is 0 Å². The summed E-state index contributed by atoms with van der Waals surface area (Å²) in [5.74, 6) is 0. The molecule has 0 spiro atoms. The van der Waals surface area contributed by atoms with E-state index in [0.717, 1.165) is 0 Å². The van der Waals surface area contributed by atoms with Crippen LogP contribution >= 0.6 is 0 Å². The van der Waals surface area contributed by atoms with Crippen molar-refractivity contribution in [3.63, 3.8) is 0 Å². The lowest BCUT2D eigenvalue weighted by molar-refractivity contribution is 0.171. The Labute approximate surface area is 61.4 Å². The molecule has 0 fully saturated rings. The van der Waals surface area contributed by atoms with Crippen LogP contribution in [-0.4, -0.2) is 36.0 Å². The molecule has 1 unspecified atom stereocenters. The normalized spacial score (nSPS) is 13.0. The van der Waals surface area contributed by atoms with E-state index in [0.29, 0.717) is 19.5 Å². The van der Waals surface area contributed by atoms with Gasteiger partial charge in [-0.1, -0.05) is 6.08 Å². The summed E-state index contributed by atoms with van der Waals surface area (Å²) >= 11 is 0. The Morgan fingerprint density at radius 3 is 2.80 bits per heavy atom. The van der Waals surface area contributed by atoms with E-state index in [1.54, 1.807) is 6.08 Å². The Morgan fingerprint density at radius 2 is 2.30 bits per heavy atom. The topological polar surface area (TPSA) is 52.5 Å². The lowest BCUT2D eigenvalue weighted by Crippen LogP contribution is -2.28. The van der Waals surface area contributed by atoms with Crippen LogP contribution in [-0.2, 0) is 0 Å². The molecular weight excluding hydrogens is 130 g/mol. The van der Waals surface area contributed by atoms with Gasteiger partial charge in [0.15, 0.2) is 0 Å². The minimum atomic E-state index is -0.371. The van der Waals surface area contributed by atoms with Crippen molar-refractivity contribution in [3.8, 4) is 0 Å². The molecule has 3 heteroatoms. The molecule has 0 amide bonds. The second kappa shape index (κ2) is 6.74. The first-order chi connectivity index (χ1) is 4.81. The zero-order chi connectivity index (χ0) is 7.82. The third-order valence-corrected chi connectivity index (χ3v) is 1.11. The summed E-state index contributed by atoms with van der Waals surface area (Å²) in [7, 11) is 0. The summed E-state index contributed by atoms with van der Waals surface area (Å²) in [6.07, 6.45) is 1.90. The maximum absolute atomic E-state index is 9.06. The zero-order valence-electron chi connectivity index (χ0n) is 6.08. The molecule has 0 aromatic carbocycles. The molecule has 0 saturated heterocycles. The molecule has 0 aromatic heterocycles. The number of nitrogens with one attached hydrogen (secondary N) is 1. The van der Waals surface area contributed by atoms with E-state index in [-0.39, 0.29) is 12.7 Å². The average Bonchev–Trinajstić information content (AvgIpc) is 1.89. The lowest BCUT2D eigenvalue weighted by atomic mass is 10.2. The van der Waals surface area contributed by atoms with Gasteiger partial charge in [0, 0.05) is 13.1 Å². The number of aliphatic hydroxyl groups is 2. The fourth-order valence-electron chi connectivity index (χ4n) is 0.623. The van der Waals surface area contributed by atoms with Crippen LogP contribution < -0.4 is 5.32 Å². The van der Waals surface area contributed by atoms with Gasteiger partial charge in [-0.25, -0.2) is 0 Å². The van der Waals surface area contributed by atoms with Gasteiger partial charge in [0.2, 0.25) is 0 Å². The fourth-order valence-corrected chi connectivity index (χ4v) is 0.623. The maximum atomic E-state index is 9.06. The first-order valence-electron chi connectivity index (χ1n) is 3.41. The molecule has 60 valence electrons. The second-order valence-electron chi connectivity index (χ2n) is 2.11. The van der Waals surface area contributed by atoms with E-state index in [4.69, 9.17) is 10.2 Å². The van der Waals surface area contributed by atoms with Gasteiger partial charge in [0.05, 0.1) is 12.7 Å². The highest BCUT2D eigenvalue weighted by Gasteiger charge is 1.98. The lowest BCUT2D eigenvalue weighted by Gasteiger charge is -2.07. The third kappa shape index (κ3) is 5.75. The van der Waals surface area contributed by atoms with Gasteiger partial charge < -0.3 is 15.5 Å². The Morgan fingerprint density at radius 1 is 1.60 bits per heavy atom. The van der Waals surface area contributed by atoms with Gasteiger partial charge in [-0.15, -0.1) is 6.58 Å². The molecule has 1 atom stereocenters. The quantitative estimate of drug-likeness (QED) is 0.349. The van der Waals surface area contributed by atoms with Gasteiger partial charge >= 0.3 is 0 Å². The standard InChI is InChI=1S/C7H15NO2/c1-2-3-7(10)6-8-4-5-9/h2,7-10H,1,3-6H2. The summed E-state index contributed by atoms with van der Waals surface area (Å²) in [5.41, 5.74) is 0. The van der Waals surface area contributed by atoms with E-state index in [9.17, 15) is 0 Å². The Kier molecular flexibility index (Phi) is 6.48. The number of aliphatic hydroxyl groups excluding tert-OH is 2. The Hall–Kier alpha value is -0.380. The first-order valence-corrected chi connectivity index (χ1v) is 3.41. The molecule has 0 saturated carbocycles. The third-order valence-electron chi connectivity index (χ3n) is 1.11. The monoisotopic (exact) mass is 145 g/mol. The second-order valence-corrected chi connectivity index (χ2v) is 2.11. The summed E-state index contributed by atoms with van der Waals surface area (Å²) in [6, 6.07) is 0. The molecule has 3 nitrogen and oxygen atoms in total. The van der Waals surface area contributed by atoms with Gasteiger partial charge in [0.1, 0.15) is 0 Å². The molecule has 0 radical (unpaired) electrons. The summed E-state index contributed by atoms with van der Waals surface area (Å²) in [4.78, 5) is 0. The van der Waals surface area contributed by atoms with Crippen molar-refractivity contribution in [2.75, 3.05) is 19.7 Å². The van der Waals surface area contributed by atoms with Crippen LogP contribution in [0.25, 0.3) is 0 Å². The highest BCUT2D eigenvalue weighted by atomic mass is 16.3. The van der Waals surface area contributed by atoms with E-state index >= 15 is 0 Å². The van der Waals surface area contributed by atoms with Crippen LogP contribution in [0.3, 0.4) is 0 Å². The smallest absolute Gasteiger partial charge is 0.0698 e. The fraction of sp³-hybridized carbons (Fsp3) is 0.714. The predicted octanol–water partition coefficient (Wildman–Crippen LogP) is -0.495. The van der Waals surface area contributed by atoms with Crippen LogP contribution in [0, 0.1) is 0 Å².